The fourth-order valence-electron chi connectivity index (χ4n) is 1.14. The van der Waals surface area contributed by atoms with E-state index < -0.39 is 18.4 Å². The van der Waals surface area contributed by atoms with Crippen molar-refractivity contribution in [2.45, 2.75) is 0 Å². The summed E-state index contributed by atoms with van der Waals surface area (Å²) >= 11 is 2.90. The first-order valence-electron chi connectivity index (χ1n) is 4.66. The van der Waals surface area contributed by atoms with Crippen molar-refractivity contribution in [1.82, 2.24) is 10.3 Å². The molecule has 17 heavy (non-hydrogen) atoms. The summed E-state index contributed by atoms with van der Waals surface area (Å²) in [5, 5.41) is 15.0. The summed E-state index contributed by atoms with van der Waals surface area (Å²) in [4.78, 5) is 26.9. The molecule has 5 nitrogen and oxygen atoms in total. The first kappa shape index (κ1) is 11.7. The number of thiazole rings is 1. The van der Waals surface area contributed by atoms with E-state index in [0.717, 1.165) is 9.88 Å². The molecule has 0 aliphatic rings. The van der Waals surface area contributed by atoms with Crippen LogP contribution in [-0.4, -0.2) is 28.5 Å². The molecular formula is C10H8N2O3S2. The molecule has 2 heterocycles. The van der Waals surface area contributed by atoms with E-state index in [4.69, 9.17) is 5.11 Å². The topological polar surface area (TPSA) is 79.3 Å². The molecule has 0 aliphatic carbocycles. The number of hydrogen-bond acceptors (Lipinski definition) is 5. The van der Waals surface area contributed by atoms with Gasteiger partial charge in [0.2, 0.25) is 0 Å². The highest BCUT2D eigenvalue weighted by Gasteiger charge is 2.12. The van der Waals surface area contributed by atoms with Crippen LogP contribution < -0.4 is 5.32 Å². The molecule has 2 aromatic heterocycles. The Balaban J connectivity index is 2.08. The number of nitrogens with zero attached hydrogens (tertiary/aromatic N) is 1. The van der Waals surface area contributed by atoms with Crippen LogP contribution in [0.5, 0.6) is 0 Å². The van der Waals surface area contributed by atoms with E-state index in [1.165, 1.54) is 11.3 Å². The van der Waals surface area contributed by atoms with Crippen LogP contribution in [0, 0.1) is 0 Å². The number of carbonyl (C=O) groups is 2. The number of carbonyl (C=O) groups excluding carboxylic acids is 1. The lowest BCUT2D eigenvalue weighted by atomic mass is 10.4. The second-order valence-corrected chi connectivity index (χ2v) is 4.90. The standard InChI is InChI=1S/C10H8N2O3S2/c13-8(14)4-11-9(15)6-5-17-10(12-6)7-2-1-3-16-7/h1-3,5H,4H2,(H,11,15)(H,13,14). The van der Waals surface area contributed by atoms with Gasteiger partial charge in [-0.05, 0) is 11.4 Å². The van der Waals surface area contributed by atoms with Crippen LogP contribution in [0.2, 0.25) is 0 Å². The number of rotatable bonds is 4. The number of aromatic nitrogens is 1. The smallest absolute Gasteiger partial charge is 0.322 e. The zero-order valence-corrected chi connectivity index (χ0v) is 10.2. The van der Waals surface area contributed by atoms with E-state index >= 15 is 0 Å². The maximum atomic E-state index is 11.5. The van der Waals surface area contributed by atoms with Gasteiger partial charge in [0.15, 0.2) is 0 Å². The Morgan fingerprint density at radius 1 is 1.41 bits per heavy atom. The molecule has 0 spiro atoms. The molecule has 0 bridgehead atoms. The van der Waals surface area contributed by atoms with Crippen molar-refractivity contribution in [2.24, 2.45) is 0 Å². The van der Waals surface area contributed by atoms with Crippen LogP contribution in [0.4, 0.5) is 0 Å². The van der Waals surface area contributed by atoms with Crippen LogP contribution in [-0.2, 0) is 4.79 Å². The molecule has 88 valence electrons. The summed E-state index contributed by atoms with van der Waals surface area (Å²) < 4.78 is 0. The van der Waals surface area contributed by atoms with E-state index in [1.807, 2.05) is 17.5 Å². The lowest BCUT2D eigenvalue weighted by Crippen LogP contribution is -2.29. The molecule has 0 fully saturated rings. The number of carboxylic acids is 1. The average Bonchev–Trinajstić information content (AvgIpc) is 2.94. The van der Waals surface area contributed by atoms with E-state index in [2.05, 4.69) is 10.3 Å². The summed E-state index contributed by atoms with van der Waals surface area (Å²) in [6.07, 6.45) is 0. The van der Waals surface area contributed by atoms with Gasteiger partial charge in [-0.15, -0.1) is 22.7 Å². The lowest BCUT2D eigenvalue weighted by Gasteiger charge is -1.97. The Morgan fingerprint density at radius 2 is 2.24 bits per heavy atom. The highest BCUT2D eigenvalue weighted by atomic mass is 32.1. The van der Waals surface area contributed by atoms with Gasteiger partial charge in [0.1, 0.15) is 17.2 Å². The number of amides is 1. The first-order chi connectivity index (χ1) is 8.16. The van der Waals surface area contributed by atoms with Gasteiger partial charge in [0, 0.05) is 5.38 Å². The van der Waals surface area contributed by atoms with Crippen molar-refractivity contribution in [3.8, 4) is 9.88 Å². The van der Waals surface area contributed by atoms with E-state index in [9.17, 15) is 9.59 Å². The maximum Gasteiger partial charge on any atom is 0.322 e. The number of hydrogen-bond donors (Lipinski definition) is 2. The summed E-state index contributed by atoms with van der Waals surface area (Å²) in [6.45, 7) is -0.398. The van der Waals surface area contributed by atoms with Gasteiger partial charge in [0.25, 0.3) is 5.91 Å². The predicted molar refractivity (Wildman–Crippen MR) is 65.4 cm³/mol. The van der Waals surface area contributed by atoms with Crippen LogP contribution >= 0.6 is 22.7 Å². The number of aliphatic carboxylic acids is 1. The molecule has 2 N–H and O–H groups in total. The third kappa shape index (κ3) is 2.89. The third-order valence-corrected chi connectivity index (χ3v) is 3.75. The summed E-state index contributed by atoms with van der Waals surface area (Å²) in [5.41, 5.74) is 0.250. The molecule has 7 heteroatoms. The normalized spacial score (nSPS) is 10.1. The molecule has 0 aromatic carbocycles. The second kappa shape index (κ2) is 5.07. The van der Waals surface area contributed by atoms with Crippen molar-refractivity contribution in [1.29, 1.82) is 0 Å². The zero-order valence-electron chi connectivity index (χ0n) is 8.54. The summed E-state index contributed by atoms with van der Waals surface area (Å²) in [7, 11) is 0. The minimum atomic E-state index is -1.08. The lowest BCUT2D eigenvalue weighted by molar-refractivity contribution is -0.135. The molecule has 0 aliphatic heterocycles. The molecule has 2 rings (SSSR count). The third-order valence-electron chi connectivity index (χ3n) is 1.87. The summed E-state index contributed by atoms with van der Waals surface area (Å²) in [6, 6.07) is 3.83. The highest BCUT2D eigenvalue weighted by Crippen LogP contribution is 2.27. The van der Waals surface area contributed by atoms with Crippen molar-refractivity contribution < 1.29 is 14.7 Å². The molecule has 0 saturated heterocycles. The van der Waals surface area contributed by atoms with Gasteiger partial charge in [-0.3, -0.25) is 9.59 Å². The van der Waals surface area contributed by atoms with Crippen molar-refractivity contribution in [3.63, 3.8) is 0 Å². The molecule has 2 aromatic rings. The Kier molecular flexibility index (Phi) is 3.50. The maximum absolute atomic E-state index is 11.5. The fourth-order valence-corrected chi connectivity index (χ4v) is 2.75. The van der Waals surface area contributed by atoms with E-state index in [-0.39, 0.29) is 5.69 Å². The van der Waals surface area contributed by atoms with E-state index in [0.29, 0.717) is 0 Å². The average molecular weight is 268 g/mol. The Labute approximate surface area is 105 Å². The minimum Gasteiger partial charge on any atom is -0.480 e. The zero-order chi connectivity index (χ0) is 12.3. The number of carboxylic acid groups (broad SMARTS) is 1. The molecule has 0 unspecified atom stereocenters. The van der Waals surface area contributed by atoms with Gasteiger partial charge in [-0.25, -0.2) is 4.98 Å². The van der Waals surface area contributed by atoms with E-state index in [1.54, 1.807) is 16.7 Å². The molecule has 0 radical (unpaired) electrons. The Morgan fingerprint density at radius 3 is 2.88 bits per heavy atom. The van der Waals surface area contributed by atoms with Crippen molar-refractivity contribution in [3.05, 3.63) is 28.6 Å². The Bertz CT molecular complexity index is 534. The SMILES string of the molecule is O=C(O)CNC(=O)c1csc(-c2cccs2)n1. The van der Waals surface area contributed by atoms with Crippen molar-refractivity contribution in [2.75, 3.05) is 6.54 Å². The predicted octanol–water partition coefficient (Wildman–Crippen LogP) is 1.69. The monoisotopic (exact) mass is 268 g/mol. The van der Waals surface area contributed by atoms with Crippen LogP contribution in [0.1, 0.15) is 10.5 Å². The number of nitrogens with one attached hydrogen (secondary N) is 1. The largest absolute Gasteiger partial charge is 0.480 e. The minimum absolute atomic E-state index is 0.250. The van der Waals surface area contributed by atoms with Gasteiger partial charge < -0.3 is 10.4 Å². The van der Waals surface area contributed by atoms with Crippen molar-refractivity contribution >= 4 is 34.6 Å². The second-order valence-electron chi connectivity index (χ2n) is 3.09. The van der Waals surface area contributed by atoms with Crippen LogP contribution in [0.25, 0.3) is 9.88 Å². The summed E-state index contributed by atoms with van der Waals surface area (Å²) in [5.74, 6) is -1.54. The van der Waals surface area contributed by atoms with Crippen LogP contribution in [0.15, 0.2) is 22.9 Å². The quantitative estimate of drug-likeness (QED) is 0.884. The molecule has 0 atom stereocenters. The molecule has 0 saturated carbocycles. The van der Waals surface area contributed by atoms with Gasteiger partial charge in [-0.2, -0.15) is 0 Å². The Hall–Kier alpha value is -1.73. The number of thiophene rings is 1. The van der Waals surface area contributed by atoms with Gasteiger partial charge in [-0.1, -0.05) is 6.07 Å². The van der Waals surface area contributed by atoms with Gasteiger partial charge in [0.05, 0.1) is 4.88 Å². The molecular weight excluding hydrogens is 260 g/mol. The highest BCUT2D eigenvalue weighted by molar-refractivity contribution is 7.20. The fraction of sp³-hybridized carbons (Fsp3) is 0.100. The van der Waals surface area contributed by atoms with Crippen LogP contribution in [0.3, 0.4) is 0 Å². The van der Waals surface area contributed by atoms with Gasteiger partial charge >= 0.3 is 5.97 Å². The molecule has 1 amide bonds. The first-order valence-corrected chi connectivity index (χ1v) is 6.42.